The molecule has 0 heterocycles. The lowest BCUT2D eigenvalue weighted by atomic mass is 10.1. The van der Waals surface area contributed by atoms with Crippen LogP contribution in [-0.2, 0) is 0 Å². The van der Waals surface area contributed by atoms with E-state index in [2.05, 4.69) is 6.58 Å². The average Bonchev–Trinajstić information content (AvgIpc) is 2.25. The normalized spacial score (nSPS) is 10.1. The number of anilines is 1. The van der Waals surface area contributed by atoms with Gasteiger partial charge < -0.3 is 10.6 Å². The highest BCUT2D eigenvalue weighted by molar-refractivity contribution is 6.00. The van der Waals surface area contributed by atoms with E-state index in [1.807, 2.05) is 32.9 Å². The van der Waals surface area contributed by atoms with Crippen molar-refractivity contribution in [3.8, 4) is 0 Å². The molecule has 0 bridgehead atoms. The Bertz CT molecular complexity index is 418. The van der Waals surface area contributed by atoms with Gasteiger partial charge in [-0.15, -0.1) is 0 Å². The molecule has 0 spiro atoms. The first-order valence-electron chi connectivity index (χ1n) is 5.76. The minimum Gasteiger partial charge on any atom is -0.398 e. The van der Waals surface area contributed by atoms with Gasteiger partial charge in [0.2, 0.25) is 0 Å². The lowest BCUT2D eigenvalue weighted by Crippen LogP contribution is -2.33. The molecular formula is C14H20N2O. The molecule has 0 aliphatic rings. The van der Waals surface area contributed by atoms with Crippen LogP contribution >= 0.6 is 0 Å². The molecule has 2 N–H and O–H groups in total. The minimum atomic E-state index is -0.0221. The van der Waals surface area contributed by atoms with E-state index in [1.54, 1.807) is 11.0 Å². The van der Waals surface area contributed by atoms with E-state index >= 15 is 0 Å². The van der Waals surface area contributed by atoms with Crippen molar-refractivity contribution < 1.29 is 4.79 Å². The number of benzene rings is 1. The van der Waals surface area contributed by atoms with Crippen LogP contribution in [0, 0.1) is 6.92 Å². The molecule has 0 aliphatic carbocycles. The summed E-state index contributed by atoms with van der Waals surface area (Å²) in [5, 5.41) is 0. The quantitative estimate of drug-likeness (QED) is 0.640. The third kappa shape index (κ3) is 3.09. The summed E-state index contributed by atoms with van der Waals surface area (Å²) >= 11 is 0. The SMILES string of the molecule is C=C(C)CN(CC)C(=O)c1c(C)cccc1N. The molecule has 0 saturated carbocycles. The van der Waals surface area contributed by atoms with Gasteiger partial charge in [-0.3, -0.25) is 4.79 Å². The summed E-state index contributed by atoms with van der Waals surface area (Å²) in [5.74, 6) is -0.0221. The second kappa shape index (κ2) is 5.53. The maximum absolute atomic E-state index is 12.4. The summed E-state index contributed by atoms with van der Waals surface area (Å²) in [6, 6.07) is 5.52. The number of aryl methyl sites for hydroxylation is 1. The molecule has 0 aromatic heterocycles. The van der Waals surface area contributed by atoms with Crippen molar-refractivity contribution >= 4 is 11.6 Å². The third-order valence-electron chi connectivity index (χ3n) is 2.65. The lowest BCUT2D eigenvalue weighted by molar-refractivity contribution is 0.0778. The Morgan fingerprint density at radius 2 is 2.12 bits per heavy atom. The van der Waals surface area contributed by atoms with E-state index in [4.69, 9.17) is 5.73 Å². The Labute approximate surface area is 103 Å². The van der Waals surface area contributed by atoms with Crippen molar-refractivity contribution in [1.29, 1.82) is 0 Å². The summed E-state index contributed by atoms with van der Waals surface area (Å²) in [6.45, 7) is 10.8. The van der Waals surface area contributed by atoms with Crippen molar-refractivity contribution in [3.63, 3.8) is 0 Å². The molecule has 3 nitrogen and oxygen atoms in total. The van der Waals surface area contributed by atoms with E-state index in [0.29, 0.717) is 24.3 Å². The van der Waals surface area contributed by atoms with Crippen molar-refractivity contribution in [3.05, 3.63) is 41.5 Å². The molecule has 1 aromatic carbocycles. The molecule has 0 atom stereocenters. The first-order valence-corrected chi connectivity index (χ1v) is 5.76. The molecule has 1 aromatic rings. The fourth-order valence-electron chi connectivity index (χ4n) is 1.79. The van der Waals surface area contributed by atoms with Crippen molar-refractivity contribution in [2.24, 2.45) is 0 Å². The van der Waals surface area contributed by atoms with Gasteiger partial charge in [-0.1, -0.05) is 24.3 Å². The number of hydrogen-bond donors (Lipinski definition) is 1. The highest BCUT2D eigenvalue weighted by atomic mass is 16.2. The first-order chi connectivity index (χ1) is 7.97. The Hall–Kier alpha value is -1.77. The molecule has 0 saturated heterocycles. The predicted molar refractivity (Wildman–Crippen MR) is 72.0 cm³/mol. The standard InChI is InChI=1S/C14H20N2O/c1-5-16(9-10(2)3)14(17)13-11(4)7-6-8-12(13)15/h6-8H,2,5,9,15H2,1,3-4H3. The summed E-state index contributed by atoms with van der Waals surface area (Å²) in [4.78, 5) is 14.1. The largest absolute Gasteiger partial charge is 0.398 e. The Morgan fingerprint density at radius 1 is 1.47 bits per heavy atom. The van der Waals surface area contributed by atoms with Gasteiger partial charge in [0, 0.05) is 18.8 Å². The predicted octanol–water partition coefficient (Wildman–Crippen LogP) is 2.62. The maximum Gasteiger partial charge on any atom is 0.256 e. The van der Waals surface area contributed by atoms with Gasteiger partial charge in [-0.05, 0) is 32.4 Å². The van der Waals surface area contributed by atoms with Crippen LogP contribution in [0.2, 0.25) is 0 Å². The van der Waals surface area contributed by atoms with E-state index in [1.165, 1.54) is 0 Å². The summed E-state index contributed by atoms with van der Waals surface area (Å²) in [6.07, 6.45) is 0. The van der Waals surface area contributed by atoms with Gasteiger partial charge in [0.05, 0.1) is 5.56 Å². The molecule has 0 aliphatic heterocycles. The molecule has 1 amide bonds. The van der Waals surface area contributed by atoms with Gasteiger partial charge in [0.1, 0.15) is 0 Å². The smallest absolute Gasteiger partial charge is 0.256 e. The van der Waals surface area contributed by atoms with Crippen LogP contribution in [0.1, 0.15) is 29.8 Å². The molecule has 3 heteroatoms. The minimum absolute atomic E-state index is 0.0221. The maximum atomic E-state index is 12.4. The number of amides is 1. The van der Waals surface area contributed by atoms with Crippen LogP contribution in [0.5, 0.6) is 0 Å². The Morgan fingerprint density at radius 3 is 2.59 bits per heavy atom. The average molecular weight is 232 g/mol. The van der Waals surface area contributed by atoms with Gasteiger partial charge in [-0.2, -0.15) is 0 Å². The second-order valence-electron chi connectivity index (χ2n) is 4.32. The molecule has 92 valence electrons. The van der Waals surface area contributed by atoms with Gasteiger partial charge in [-0.25, -0.2) is 0 Å². The Balaban J connectivity index is 3.06. The fraction of sp³-hybridized carbons (Fsp3) is 0.357. The van der Waals surface area contributed by atoms with Gasteiger partial charge in [0.15, 0.2) is 0 Å². The zero-order valence-corrected chi connectivity index (χ0v) is 10.8. The number of rotatable bonds is 4. The van der Waals surface area contributed by atoms with E-state index in [-0.39, 0.29) is 5.91 Å². The van der Waals surface area contributed by atoms with Crippen LogP contribution in [0.25, 0.3) is 0 Å². The van der Waals surface area contributed by atoms with E-state index in [9.17, 15) is 4.79 Å². The molecular weight excluding hydrogens is 212 g/mol. The summed E-state index contributed by atoms with van der Waals surface area (Å²) in [7, 11) is 0. The monoisotopic (exact) mass is 232 g/mol. The lowest BCUT2D eigenvalue weighted by Gasteiger charge is -2.22. The van der Waals surface area contributed by atoms with Crippen LogP contribution in [0.3, 0.4) is 0 Å². The topological polar surface area (TPSA) is 46.3 Å². The molecule has 0 radical (unpaired) electrons. The van der Waals surface area contributed by atoms with E-state index < -0.39 is 0 Å². The zero-order chi connectivity index (χ0) is 13.0. The van der Waals surface area contributed by atoms with Crippen LogP contribution in [0.4, 0.5) is 5.69 Å². The fourth-order valence-corrected chi connectivity index (χ4v) is 1.79. The highest BCUT2D eigenvalue weighted by Gasteiger charge is 2.18. The van der Waals surface area contributed by atoms with Crippen molar-refractivity contribution in [1.82, 2.24) is 4.90 Å². The van der Waals surface area contributed by atoms with Crippen LogP contribution < -0.4 is 5.73 Å². The highest BCUT2D eigenvalue weighted by Crippen LogP contribution is 2.18. The third-order valence-corrected chi connectivity index (χ3v) is 2.65. The summed E-state index contributed by atoms with van der Waals surface area (Å²) in [5.41, 5.74) is 8.90. The molecule has 17 heavy (non-hydrogen) atoms. The molecule has 0 unspecified atom stereocenters. The number of carbonyl (C=O) groups is 1. The number of nitrogens with zero attached hydrogens (tertiary/aromatic N) is 1. The number of likely N-dealkylation sites (N-methyl/N-ethyl adjacent to an activating group) is 1. The second-order valence-corrected chi connectivity index (χ2v) is 4.32. The molecule has 0 fully saturated rings. The summed E-state index contributed by atoms with van der Waals surface area (Å²) < 4.78 is 0. The first kappa shape index (κ1) is 13.3. The zero-order valence-electron chi connectivity index (χ0n) is 10.8. The molecule has 1 rings (SSSR count). The number of nitrogen functional groups attached to an aromatic ring is 1. The van der Waals surface area contributed by atoms with Gasteiger partial charge >= 0.3 is 0 Å². The van der Waals surface area contributed by atoms with Crippen molar-refractivity contribution in [2.45, 2.75) is 20.8 Å². The van der Waals surface area contributed by atoms with Crippen molar-refractivity contribution in [2.75, 3.05) is 18.8 Å². The van der Waals surface area contributed by atoms with Gasteiger partial charge in [0.25, 0.3) is 5.91 Å². The number of nitrogens with two attached hydrogens (primary N) is 1. The number of carbonyl (C=O) groups excluding carboxylic acids is 1. The van der Waals surface area contributed by atoms with Crippen LogP contribution in [-0.4, -0.2) is 23.9 Å². The van der Waals surface area contributed by atoms with E-state index in [0.717, 1.165) is 11.1 Å². The Kier molecular flexibility index (Phi) is 4.32. The number of hydrogen-bond acceptors (Lipinski definition) is 2. The van der Waals surface area contributed by atoms with Crippen LogP contribution in [0.15, 0.2) is 30.4 Å².